The van der Waals surface area contributed by atoms with Crippen molar-refractivity contribution in [1.82, 2.24) is 34.7 Å². The molecule has 144 valence electrons. The molecule has 3 aromatic heterocycles. The van der Waals surface area contributed by atoms with E-state index < -0.39 is 0 Å². The van der Waals surface area contributed by atoms with Crippen molar-refractivity contribution < 1.29 is 4.74 Å². The van der Waals surface area contributed by atoms with Gasteiger partial charge in [0.05, 0.1) is 16.2 Å². The zero-order chi connectivity index (χ0) is 19.7. The zero-order valence-corrected chi connectivity index (χ0v) is 16.4. The molecule has 1 aromatic carbocycles. The van der Waals surface area contributed by atoms with Gasteiger partial charge in [-0.1, -0.05) is 28.8 Å². The van der Waals surface area contributed by atoms with Crippen LogP contribution in [0.1, 0.15) is 19.5 Å². The standard InChI is InChI=1S/C18H19ClN8O/c1-11(2)20-15-9-4-6-12(21-15)10-28-18-22-16-13(19)7-5-8-14(16)27(18)17-23-24-25-26(17)3/h4-9,11H,10H2,1-3H3,(H,20,21). The highest BCUT2D eigenvalue weighted by Crippen LogP contribution is 2.29. The number of nitrogens with one attached hydrogen (secondary N) is 1. The predicted molar refractivity (Wildman–Crippen MR) is 106 cm³/mol. The Morgan fingerprint density at radius 1 is 1.14 bits per heavy atom. The van der Waals surface area contributed by atoms with E-state index >= 15 is 0 Å². The molecule has 9 nitrogen and oxygen atoms in total. The molecule has 3 heterocycles. The largest absolute Gasteiger partial charge is 0.458 e. The number of rotatable bonds is 6. The van der Waals surface area contributed by atoms with Crippen molar-refractivity contribution >= 4 is 28.5 Å². The van der Waals surface area contributed by atoms with E-state index in [0.717, 1.165) is 17.0 Å². The lowest BCUT2D eigenvalue weighted by Crippen LogP contribution is -2.12. The number of hydrogen-bond acceptors (Lipinski definition) is 7. The number of pyridine rings is 1. The molecule has 0 atom stereocenters. The summed E-state index contributed by atoms with van der Waals surface area (Å²) in [5.41, 5.74) is 2.14. The molecule has 0 amide bonds. The number of halogens is 1. The van der Waals surface area contributed by atoms with Crippen molar-refractivity contribution in [3.63, 3.8) is 0 Å². The van der Waals surface area contributed by atoms with Gasteiger partial charge in [-0.2, -0.15) is 4.98 Å². The Labute approximate surface area is 166 Å². The highest BCUT2D eigenvalue weighted by atomic mass is 35.5. The van der Waals surface area contributed by atoms with Gasteiger partial charge < -0.3 is 10.1 Å². The third kappa shape index (κ3) is 3.48. The van der Waals surface area contributed by atoms with Crippen molar-refractivity contribution in [1.29, 1.82) is 0 Å². The van der Waals surface area contributed by atoms with Crippen LogP contribution >= 0.6 is 11.6 Å². The summed E-state index contributed by atoms with van der Waals surface area (Å²) in [6.45, 7) is 4.36. The fourth-order valence-corrected chi connectivity index (χ4v) is 3.03. The second-order valence-corrected chi connectivity index (χ2v) is 6.95. The number of anilines is 1. The average molecular weight is 399 g/mol. The van der Waals surface area contributed by atoms with Crippen molar-refractivity contribution in [3.8, 4) is 12.0 Å². The summed E-state index contributed by atoms with van der Waals surface area (Å²) in [5.74, 6) is 1.27. The summed E-state index contributed by atoms with van der Waals surface area (Å²) in [4.78, 5) is 9.12. The van der Waals surface area contributed by atoms with Crippen LogP contribution in [0.5, 0.6) is 6.01 Å². The molecule has 4 aromatic rings. The second-order valence-electron chi connectivity index (χ2n) is 6.54. The molecule has 0 radical (unpaired) electrons. The highest BCUT2D eigenvalue weighted by molar-refractivity contribution is 6.35. The normalized spacial score (nSPS) is 11.3. The minimum atomic E-state index is 0.236. The second kappa shape index (κ2) is 7.43. The monoisotopic (exact) mass is 398 g/mol. The summed E-state index contributed by atoms with van der Waals surface area (Å²) in [5, 5.41) is 15.5. The highest BCUT2D eigenvalue weighted by Gasteiger charge is 2.19. The average Bonchev–Trinajstić information content (AvgIpc) is 3.23. The van der Waals surface area contributed by atoms with Crippen LogP contribution in [0.15, 0.2) is 36.4 Å². The number of hydrogen-bond donors (Lipinski definition) is 1. The third-order valence-electron chi connectivity index (χ3n) is 4.00. The maximum Gasteiger partial charge on any atom is 0.305 e. The van der Waals surface area contributed by atoms with Gasteiger partial charge in [-0.05, 0) is 48.5 Å². The van der Waals surface area contributed by atoms with Gasteiger partial charge in [0.2, 0.25) is 0 Å². The van der Waals surface area contributed by atoms with Crippen LogP contribution in [0.2, 0.25) is 5.02 Å². The maximum absolute atomic E-state index is 6.32. The summed E-state index contributed by atoms with van der Waals surface area (Å²) >= 11 is 6.32. The Bertz CT molecular complexity index is 1120. The smallest absolute Gasteiger partial charge is 0.305 e. The fourth-order valence-electron chi connectivity index (χ4n) is 2.82. The van der Waals surface area contributed by atoms with E-state index in [1.165, 1.54) is 0 Å². The molecule has 0 aliphatic carbocycles. The van der Waals surface area contributed by atoms with Gasteiger partial charge in [-0.25, -0.2) is 14.2 Å². The van der Waals surface area contributed by atoms with Crippen LogP contribution in [0, 0.1) is 0 Å². The minimum absolute atomic E-state index is 0.236. The van der Waals surface area contributed by atoms with Gasteiger partial charge in [0.1, 0.15) is 17.9 Å². The SMILES string of the molecule is CC(C)Nc1cccc(COc2nc3c(Cl)cccc3n2-c2nnnn2C)n1. The van der Waals surface area contributed by atoms with Crippen LogP contribution in [0.4, 0.5) is 5.82 Å². The first kappa shape index (κ1) is 18.2. The van der Waals surface area contributed by atoms with E-state index in [1.54, 1.807) is 22.4 Å². The molecule has 0 saturated carbocycles. The van der Waals surface area contributed by atoms with Crippen LogP contribution in [-0.2, 0) is 13.7 Å². The zero-order valence-electron chi connectivity index (χ0n) is 15.7. The number of aryl methyl sites for hydroxylation is 1. The molecular weight excluding hydrogens is 380 g/mol. The van der Waals surface area contributed by atoms with Gasteiger partial charge in [0, 0.05) is 13.1 Å². The van der Waals surface area contributed by atoms with Gasteiger partial charge in [-0.15, -0.1) is 0 Å². The Hall–Kier alpha value is -3.20. The van der Waals surface area contributed by atoms with Crippen molar-refractivity contribution in [2.45, 2.75) is 26.5 Å². The van der Waals surface area contributed by atoms with E-state index in [0.29, 0.717) is 28.5 Å². The van der Waals surface area contributed by atoms with Crippen LogP contribution in [0.3, 0.4) is 0 Å². The molecular formula is C18H19ClN8O. The lowest BCUT2D eigenvalue weighted by molar-refractivity contribution is 0.272. The van der Waals surface area contributed by atoms with Crippen molar-refractivity contribution in [2.24, 2.45) is 7.05 Å². The van der Waals surface area contributed by atoms with Gasteiger partial charge in [-0.3, -0.25) is 0 Å². The fraction of sp³-hybridized carbons (Fsp3) is 0.278. The number of benzene rings is 1. The van der Waals surface area contributed by atoms with Crippen molar-refractivity contribution in [2.75, 3.05) is 5.32 Å². The minimum Gasteiger partial charge on any atom is -0.458 e. The summed E-state index contributed by atoms with van der Waals surface area (Å²) in [7, 11) is 1.75. The number of ether oxygens (including phenoxy) is 1. The first-order valence-electron chi connectivity index (χ1n) is 8.78. The topological polar surface area (TPSA) is 95.6 Å². The Kier molecular flexibility index (Phi) is 4.82. The van der Waals surface area contributed by atoms with E-state index in [2.05, 4.69) is 44.7 Å². The molecule has 0 aliphatic rings. The Morgan fingerprint density at radius 3 is 2.71 bits per heavy atom. The lowest BCUT2D eigenvalue weighted by Gasteiger charge is -2.11. The Balaban J connectivity index is 1.69. The van der Waals surface area contributed by atoms with E-state index in [9.17, 15) is 0 Å². The van der Waals surface area contributed by atoms with Gasteiger partial charge in [0.15, 0.2) is 0 Å². The molecule has 0 aliphatic heterocycles. The van der Waals surface area contributed by atoms with E-state index in [-0.39, 0.29) is 6.61 Å². The number of imidazole rings is 1. The van der Waals surface area contributed by atoms with Crippen LogP contribution in [-0.4, -0.2) is 40.8 Å². The van der Waals surface area contributed by atoms with Crippen LogP contribution < -0.4 is 10.1 Å². The molecule has 0 saturated heterocycles. The third-order valence-corrected chi connectivity index (χ3v) is 4.30. The first-order chi connectivity index (χ1) is 13.5. The molecule has 0 unspecified atom stereocenters. The van der Waals surface area contributed by atoms with Gasteiger partial charge in [0.25, 0.3) is 5.95 Å². The molecule has 4 rings (SSSR count). The van der Waals surface area contributed by atoms with Crippen LogP contribution in [0.25, 0.3) is 17.0 Å². The number of tetrazole rings is 1. The summed E-state index contributed by atoms with van der Waals surface area (Å²) in [6, 6.07) is 11.9. The van der Waals surface area contributed by atoms with Gasteiger partial charge >= 0.3 is 6.01 Å². The number of fused-ring (bicyclic) bond motifs is 1. The molecule has 0 spiro atoms. The molecule has 10 heteroatoms. The quantitative estimate of drug-likeness (QED) is 0.533. The molecule has 0 bridgehead atoms. The molecule has 1 N–H and O–H groups in total. The van der Waals surface area contributed by atoms with E-state index in [4.69, 9.17) is 16.3 Å². The molecule has 28 heavy (non-hydrogen) atoms. The Morgan fingerprint density at radius 2 is 1.96 bits per heavy atom. The number of para-hydroxylation sites is 1. The summed E-state index contributed by atoms with van der Waals surface area (Å²) in [6.07, 6.45) is 0. The van der Waals surface area contributed by atoms with Crippen molar-refractivity contribution in [3.05, 3.63) is 47.1 Å². The lowest BCUT2D eigenvalue weighted by atomic mass is 10.3. The number of nitrogens with zero attached hydrogens (tertiary/aromatic N) is 7. The maximum atomic E-state index is 6.32. The van der Waals surface area contributed by atoms with E-state index in [1.807, 2.05) is 30.3 Å². The molecule has 0 fully saturated rings. The predicted octanol–water partition coefficient (Wildman–Crippen LogP) is 3.00. The first-order valence-corrected chi connectivity index (χ1v) is 9.15. The summed E-state index contributed by atoms with van der Waals surface area (Å²) < 4.78 is 9.27. The number of aromatic nitrogens is 7.